The molecule has 20 heavy (non-hydrogen) atoms. The second-order valence-corrected chi connectivity index (χ2v) is 5.58. The third kappa shape index (κ3) is 3.67. The van der Waals surface area contributed by atoms with Crippen molar-refractivity contribution in [1.82, 2.24) is 5.32 Å². The van der Waals surface area contributed by atoms with Crippen molar-refractivity contribution in [2.24, 2.45) is 5.92 Å². The maximum absolute atomic E-state index is 11.0. The minimum Gasteiger partial charge on any atom is -0.310 e. The molecule has 2 unspecified atom stereocenters. The van der Waals surface area contributed by atoms with Gasteiger partial charge in [0.25, 0.3) is 5.69 Å². The lowest BCUT2D eigenvalue weighted by Gasteiger charge is -2.21. The topological polar surface area (TPSA) is 55.2 Å². The molecule has 1 N–H and O–H groups in total. The fraction of sp³-hybridized carbons (Fsp3) is 0.500. The van der Waals surface area contributed by atoms with Gasteiger partial charge in [0.05, 0.1) is 4.92 Å². The Morgan fingerprint density at radius 1 is 1.45 bits per heavy atom. The first kappa shape index (κ1) is 14.7. The quantitative estimate of drug-likeness (QED) is 0.503. The summed E-state index contributed by atoms with van der Waals surface area (Å²) in [6.07, 6.45) is 8.01. The molecule has 0 radical (unpaired) electrons. The number of hydrogen-bond donors (Lipinski definition) is 1. The summed E-state index contributed by atoms with van der Waals surface area (Å²) in [5, 5.41) is 14.5. The van der Waals surface area contributed by atoms with Gasteiger partial charge in [0.15, 0.2) is 0 Å². The van der Waals surface area contributed by atoms with Crippen LogP contribution >= 0.6 is 0 Å². The zero-order chi connectivity index (χ0) is 14.5. The van der Waals surface area contributed by atoms with Gasteiger partial charge in [-0.1, -0.05) is 24.3 Å². The van der Waals surface area contributed by atoms with Crippen LogP contribution in [0.5, 0.6) is 0 Å². The van der Waals surface area contributed by atoms with Gasteiger partial charge in [-0.2, -0.15) is 0 Å². The lowest BCUT2D eigenvalue weighted by Crippen LogP contribution is -2.26. The van der Waals surface area contributed by atoms with Crippen LogP contribution in [0.3, 0.4) is 0 Å². The molecule has 0 heterocycles. The molecule has 1 aliphatic rings. The summed E-state index contributed by atoms with van der Waals surface area (Å²) < 4.78 is 0. The van der Waals surface area contributed by atoms with E-state index in [-0.39, 0.29) is 16.7 Å². The minimum atomic E-state index is -0.308. The first-order valence-electron chi connectivity index (χ1n) is 7.21. The molecule has 4 heteroatoms. The Balaban J connectivity index is 1.98. The molecule has 0 amide bonds. The molecule has 0 saturated heterocycles. The highest BCUT2D eigenvalue weighted by Gasteiger charge is 2.16. The molecule has 1 aliphatic carbocycles. The van der Waals surface area contributed by atoms with Crippen LogP contribution < -0.4 is 5.32 Å². The molecule has 1 aromatic carbocycles. The molecule has 2 rings (SSSR count). The van der Waals surface area contributed by atoms with Gasteiger partial charge in [0.1, 0.15) is 0 Å². The van der Waals surface area contributed by atoms with Crippen molar-refractivity contribution in [3.8, 4) is 0 Å². The Labute approximate surface area is 120 Å². The monoisotopic (exact) mass is 274 g/mol. The zero-order valence-electron chi connectivity index (χ0n) is 12.1. The van der Waals surface area contributed by atoms with Crippen LogP contribution in [0, 0.1) is 23.0 Å². The van der Waals surface area contributed by atoms with E-state index in [0.717, 1.165) is 24.9 Å². The normalized spacial score (nSPS) is 19.8. The first-order chi connectivity index (χ1) is 9.58. The van der Waals surface area contributed by atoms with Gasteiger partial charge in [-0.05, 0) is 51.1 Å². The van der Waals surface area contributed by atoms with Crippen LogP contribution in [-0.4, -0.2) is 11.5 Å². The average molecular weight is 274 g/mol. The van der Waals surface area contributed by atoms with Gasteiger partial charge in [0.2, 0.25) is 0 Å². The molecule has 1 aromatic rings. The van der Waals surface area contributed by atoms with E-state index in [1.807, 2.05) is 12.1 Å². The summed E-state index contributed by atoms with van der Waals surface area (Å²) in [5.41, 5.74) is 1.90. The number of nitro groups is 1. The summed E-state index contributed by atoms with van der Waals surface area (Å²) in [6, 6.07) is 5.63. The van der Waals surface area contributed by atoms with Gasteiger partial charge in [-0.3, -0.25) is 10.1 Å². The molecule has 0 saturated carbocycles. The Hall–Kier alpha value is -1.68. The fourth-order valence-corrected chi connectivity index (χ4v) is 2.60. The number of benzene rings is 1. The predicted octanol–water partition coefficient (Wildman–Crippen LogP) is 3.91. The van der Waals surface area contributed by atoms with Gasteiger partial charge < -0.3 is 5.32 Å². The summed E-state index contributed by atoms with van der Waals surface area (Å²) in [4.78, 5) is 10.7. The van der Waals surface area contributed by atoms with E-state index < -0.39 is 0 Å². The van der Waals surface area contributed by atoms with E-state index in [2.05, 4.69) is 24.4 Å². The number of nitrogens with zero attached hydrogens (tertiary/aromatic N) is 1. The Morgan fingerprint density at radius 2 is 2.25 bits per heavy atom. The Morgan fingerprint density at radius 3 is 2.90 bits per heavy atom. The Bertz CT molecular complexity index is 511. The highest BCUT2D eigenvalue weighted by molar-refractivity contribution is 5.43. The molecule has 0 fully saturated rings. The first-order valence-corrected chi connectivity index (χ1v) is 7.21. The van der Waals surface area contributed by atoms with E-state index in [0.29, 0.717) is 11.5 Å². The number of nitrogens with one attached hydrogen (secondary N) is 1. The highest BCUT2D eigenvalue weighted by atomic mass is 16.6. The highest BCUT2D eigenvalue weighted by Crippen LogP contribution is 2.24. The van der Waals surface area contributed by atoms with Crippen LogP contribution in [0.25, 0.3) is 0 Å². The summed E-state index contributed by atoms with van der Waals surface area (Å²) in [7, 11) is 0. The van der Waals surface area contributed by atoms with Crippen molar-refractivity contribution in [3.05, 3.63) is 51.6 Å². The SMILES string of the molecule is Cc1ccc(C(C)NCC2CC=CCC2)cc1[N+](=O)[O-]. The molecule has 4 nitrogen and oxygen atoms in total. The van der Waals surface area contributed by atoms with Crippen molar-refractivity contribution in [2.75, 3.05) is 6.54 Å². The van der Waals surface area contributed by atoms with Crippen LogP contribution in [0.1, 0.15) is 43.4 Å². The third-order valence-corrected chi connectivity index (χ3v) is 4.02. The molecule has 0 spiro atoms. The average Bonchev–Trinajstić information content (AvgIpc) is 2.46. The largest absolute Gasteiger partial charge is 0.310 e. The van der Waals surface area contributed by atoms with Crippen molar-refractivity contribution in [1.29, 1.82) is 0 Å². The van der Waals surface area contributed by atoms with Crippen molar-refractivity contribution >= 4 is 5.69 Å². The van der Waals surface area contributed by atoms with Crippen molar-refractivity contribution in [2.45, 2.75) is 39.2 Å². The maximum atomic E-state index is 11.0. The molecule has 108 valence electrons. The van der Waals surface area contributed by atoms with E-state index in [4.69, 9.17) is 0 Å². The van der Waals surface area contributed by atoms with Crippen LogP contribution in [0.4, 0.5) is 5.69 Å². The summed E-state index contributed by atoms with van der Waals surface area (Å²) >= 11 is 0. The molecule has 0 aliphatic heterocycles. The van der Waals surface area contributed by atoms with Crippen LogP contribution in [-0.2, 0) is 0 Å². The number of hydrogen-bond acceptors (Lipinski definition) is 3. The number of nitro benzene ring substituents is 1. The number of aryl methyl sites for hydroxylation is 1. The zero-order valence-corrected chi connectivity index (χ0v) is 12.1. The van der Waals surface area contributed by atoms with Gasteiger partial charge in [-0.25, -0.2) is 0 Å². The summed E-state index contributed by atoms with van der Waals surface area (Å²) in [6.45, 7) is 4.80. The minimum absolute atomic E-state index is 0.139. The number of allylic oxidation sites excluding steroid dienone is 2. The van der Waals surface area contributed by atoms with Gasteiger partial charge in [-0.15, -0.1) is 0 Å². The van der Waals surface area contributed by atoms with Crippen molar-refractivity contribution in [3.63, 3.8) is 0 Å². The van der Waals surface area contributed by atoms with Crippen LogP contribution in [0.15, 0.2) is 30.4 Å². The molecular weight excluding hydrogens is 252 g/mol. The lowest BCUT2D eigenvalue weighted by molar-refractivity contribution is -0.385. The van der Waals surface area contributed by atoms with E-state index in [9.17, 15) is 10.1 Å². The maximum Gasteiger partial charge on any atom is 0.272 e. The standard InChI is InChI=1S/C16H22N2O2/c1-12-8-9-15(10-16(12)18(19)20)13(2)17-11-14-6-4-3-5-7-14/h3-4,8-10,13-14,17H,5-7,11H2,1-2H3. The predicted molar refractivity (Wildman–Crippen MR) is 80.7 cm³/mol. The smallest absolute Gasteiger partial charge is 0.272 e. The molecule has 0 aromatic heterocycles. The van der Waals surface area contributed by atoms with E-state index in [1.165, 1.54) is 6.42 Å². The van der Waals surface area contributed by atoms with Gasteiger partial charge >= 0.3 is 0 Å². The van der Waals surface area contributed by atoms with Crippen molar-refractivity contribution < 1.29 is 4.92 Å². The van der Waals surface area contributed by atoms with E-state index in [1.54, 1.807) is 13.0 Å². The van der Waals surface area contributed by atoms with Crippen LogP contribution in [0.2, 0.25) is 0 Å². The molecule has 0 bridgehead atoms. The second-order valence-electron chi connectivity index (χ2n) is 5.58. The van der Waals surface area contributed by atoms with Gasteiger partial charge in [0, 0.05) is 17.7 Å². The fourth-order valence-electron chi connectivity index (χ4n) is 2.60. The second kappa shape index (κ2) is 6.66. The summed E-state index contributed by atoms with van der Waals surface area (Å²) in [5.74, 6) is 0.683. The lowest BCUT2D eigenvalue weighted by atomic mass is 9.94. The molecule has 2 atom stereocenters. The Kier molecular flexibility index (Phi) is 4.90. The van der Waals surface area contributed by atoms with E-state index >= 15 is 0 Å². The third-order valence-electron chi connectivity index (χ3n) is 4.02. The number of rotatable bonds is 5. The molecular formula is C16H22N2O2.